The number of hydrogen-bond acceptors (Lipinski definition) is 7. The molecule has 7 atom stereocenters. The van der Waals surface area contributed by atoms with Crippen molar-refractivity contribution in [1.29, 1.82) is 0 Å². The molecular formula is C37H46Cl2O7. The Kier molecular flexibility index (Phi) is 9.08. The number of carbonyl (C=O) groups is 2. The Hall–Kier alpha value is -2.16. The molecule has 6 rings (SSSR count). The summed E-state index contributed by atoms with van der Waals surface area (Å²) in [5.74, 6) is -0.829. The van der Waals surface area contributed by atoms with Gasteiger partial charge in [0.25, 0.3) is 0 Å². The summed E-state index contributed by atoms with van der Waals surface area (Å²) in [6.45, 7) is 11.9. The van der Waals surface area contributed by atoms with E-state index in [4.69, 9.17) is 46.9 Å². The molecule has 9 heteroatoms. The lowest BCUT2D eigenvalue weighted by molar-refractivity contribution is -0.359. The Morgan fingerprint density at radius 3 is 2.07 bits per heavy atom. The minimum absolute atomic E-state index is 0.0580. The van der Waals surface area contributed by atoms with Crippen LogP contribution in [0, 0.1) is 22.7 Å². The highest BCUT2D eigenvalue weighted by molar-refractivity contribution is 6.31. The molecule has 2 heterocycles. The van der Waals surface area contributed by atoms with Gasteiger partial charge in [-0.2, -0.15) is 0 Å². The average Bonchev–Trinajstić information content (AvgIpc) is 3.41. The first-order chi connectivity index (χ1) is 21.7. The van der Waals surface area contributed by atoms with Crippen molar-refractivity contribution in [3.63, 3.8) is 0 Å². The van der Waals surface area contributed by atoms with Gasteiger partial charge >= 0.3 is 11.9 Å². The van der Waals surface area contributed by atoms with E-state index in [0.29, 0.717) is 52.5 Å². The summed E-state index contributed by atoms with van der Waals surface area (Å²) < 4.78 is 32.0. The van der Waals surface area contributed by atoms with E-state index in [0.717, 1.165) is 32.1 Å². The fraction of sp³-hybridized carbons (Fsp3) is 0.622. The van der Waals surface area contributed by atoms with Crippen LogP contribution in [0.3, 0.4) is 0 Å². The third-order valence-electron chi connectivity index (χ3n) is 11.8. The molecule has 2 aliphatic heterocycles. The van der Waals surface area contributed by atoms with Crippen molar-refractivity contribution in [2.45, 2.75) is 103 Å². The summed E-state index contributed by atoms with van der Waals surface area (Å²) in [6.07, 6.45) is 6.06. The van der Waals surface area contributed by atoms with Crippen LogP contribution in [0.2, 0.25) is 10.0 Å². The quantitative estimate of drug-likeness (QED) is 0.272. The molecule has 2 saturated heterocycles. The van der Waals surface area contributed by atoms with E-state index >= 15 is 0 Å². The molecule has 1 spiro atoms. The van der Waals surface area contributed by atoms with Gasteiger partial charge in [0, 0.05) is 27.3 Å². The molecule has 0 radical (unpaired) electrons. The van der Waals surface area contributed by atoms with E-state index in [1.165, 1.54) is 0 Å². The van der Waals surface area contributed by atoms with E-state index in [9.17, 15) is 9.59 Å². The number of carbonyl (C=O) groups excluding carboxylic acids is 2. The SMILES string of the molecule is CC1CCC2C3(C)COC(C)(C)OC3CCC2(C)C12CCC(CCOC(=O)c1ccc(Cl)cc1)(COC(=O)c1ccc(Cl)cc1)O2. The Bertz CT molecular complexity index is 1440. The van der Waals surface area contributed by atoms with Crippen LogP contribution in [0.25, 0.3) is 0 Å². The van der Waals surface area contributed by atoms with Crippen LogP contribution < -0.4 is 0 Å². The van der Waals surface area contributed by atoms with Crippen LogP contribution in [0.1, 0.15) is 100 Å². The summed E-state index contributed by atoms with van der Waals surface area (Å²) in [5, 5.41) is 1.10. The Labute approximate surface area is 282 Å². The van der Waals surface area contributed by atoms with Gasteiger partial charge in [-0.15, -0.1) is 0 Å². The summed E-state index contributed by atoms with van der Waals surface area (Å²) in [5.41, 5.74) is -0.695. The zero-order valence-electron chi connectivity index (χ0n) is 27.5. The molecule has 46 heavy (non-hydrogen) atoms. The fourth-order valence-electron chi connectivity index (χ4n) is 9.21. The average molecular weight is 674 g/mol. The summed E-state index contributed by atoms with van der Waals surface area (Å²) in [7, 11) is 0. The lowest BCUT2D eigenvalue weighted by Crippen LogP contribution is -2.69. The monoisotopic (exact) mass is 672 g/mol. The molecule has 0 amide bonds. The minimum Gasteiger partial charge on any atom is -0.462 e. The predicted molar refractivity (Wildman–Crippen MR) is 176 cm³/mol. The molecule has 0 N–H and O–H groups in total. The Morgan fingerprint density at radius 1 is 0.826 bits per heavy atom. The van der Waals surface area contributed by atoms with E-state index in [1.807, 2.05) is 13.8 Å². The Balaban J connectivity index is 1.25. The van der Waals surface area contributed by atoms with Crippen molar-refractivity contribution < 1.29 is 33.3 Å². The van der Waals surface area contributed by atoms with Crippen molar-refractivity contribution in [3.05, 3.63) is 69.7 Å². The molecule has 4 aliphatic rings. The number of rotatable bonds is 7. The number of halogens is 2. The first kappa shape index (κ1) is 33.7. The van der Waals surface area contributed by atoms with Gasteiger partial charge in [-0.25, -0.2) is 9.59 Å². The molecular weight excluding hydrogens is 627 g/mol. The highest BCUT2D eigenvalue weighted by atomic mass is 35.5. The van der Waals surface area contributed by atoms with Gasteiger partial charge in [0.15, 0.2) is 5.79 Å². The van der Waals surface area contributed by atoms with Gasteiger partial charge in [0.05, 0.1) is 36.0 Å². The molecule has 2 aromatic carbocycles. The standard InChI is InChI=1S/C37H46Cl2O7/c1-24-6-15-29-34(4)22-44-33(2,3)45-30(34)16-17-35(29,5)37(24)19-18-36(46-37,23-43-32(41)26-9-13-28(39)14-10-26)20-21-42-31(40)25-7-11-27(38)12-8-25/h7-14,24,29-30H,6,15-23H2,1-5H3. The van der Waals surface area contributed by atoms with E-state index in [2.05, 4.69) is 20.8 Å². The molecule has 2 aliphatic carbocycles. The lowest BCUT2D eigenvalue weighted by Gasteiger charge is -2.67. The second-order valence-corrected chi connectivity index (χ2v) is 15.8. The Morgan fingerprint density at radius 2 is 1.43 bits per heavy atom. The number of hydrogen-bond donors (Lipinski definition) is 0. The number of ether oxygens (including phenoxy) is 5. The third-order valence-corrected chi connectivity index (χ3v) is 12.3. The number of benzene rings is 2. The van der Waals surface area contributed by atoms with Gasteiger partial charge < -0.3 is 23.7 Å². The highest BCUT2D eigenvalue weighted by Gasteiger charge is 2.70. The smallest absolute Gasteiger partial charge is 0.338 e. The van der Waals surface area contributed by atoms with Crippen LogP contribution in [0.15, 0.2) is 48.5 Å². The molecule has 250 valence electrons. The maximum Gasteiger partial charge on any atom is 0.338 e. The fourth-order valence-corrected chi connectivity index (χ4v) is 9.47. The predicted octanol–water partition coefficient (Wildman–Crippen LogP) is 8.69. The van der Waals surface area contributed by atoms with Crippen LogP contribution in [-0.2, 0) is 23.7 Å². The van der Waals surface area contributed by atoms with Gasteiger partial charge in [-0.3, -0.25) is 0 Å². The highest BCUT2D eigenvalue weighted by Crippen LogP contribution is 2.69. The van der Waals surface area contributed by atoms with Crippen LogP contribution in [0.5, 0.6) is 0 Å². The van der Waals surface area contributed by atoms with Gasteiger partial charge in [-0.1, -0.05) is 44.0 Å². The van der Waals surface area contributed by atoms with Gasteiger partial charge in [0.1, 0.15) is 12.2 Å². The second-order valence-electron chi connectivity index (χ2n) is 14.9. The molecule has 0 aromatic heterocycles. The van der Waals surface area contributed by atoms with Gasteiger partial charge in [0.2, 0.25) is 0 Å². The van der Waals surface area contributed by atoms with Crippen molar-refractivity contribution in [2.24, 2.45) is 22.7 Å². The topological polar surface area (TPSA) is 80.3 Å². The van der Waals surface area contributed by atoms with Gasteiger partial charge in [-0.05, 0) is 113 Å². The van der Waals surface area contributed by atoms with E-state index < -0.39 is 28.9 Å². The third kappa shape index (κ3) is 6.00. The summed E-state index contributed by atoms with van der Waals surface area (Å²) >= 11 is 12.1. The minimum atomic E-state index is -0.819. The normalized spacial score (nSPS) is 36.5. The van der Waals surface area contributed by atoms with E-state index in [-0.39, 0.29) is 30.1 Å². The van der Waals surface area contributed by atoms with E-state index in [1.54, 1.807) is 48.5 Å². The van der Waals surface area contributed by atoms with Crippen molar-refractivity contribution in [1.82, 2.24) is 0 Å². The molecule has 7 nitrogen and oxygen atoms in total. The summed E-state index contributed by atoms with van der Waals surface area (Å²) in [6, 6.07) is 13.3. The van der Waals surface area contributed by atoms with Crippen LogP contribution in [0.4, 0.5) is 0 Å². The maximum atomic E-state index is 13.2. The molecule has 2 saturated carbocycles. The van der Waals surface area contributed by atoms with Crippen molar-refractivity contribution in [3.8, 4) is 0 Å². The number of fused-ring (bicyclic) bond motifs is 4. The lowest BCUT2D eigenvalue weighted by atomic mass is 9.43. The zero-order chi connectivity index (χ0) is 33.0. The largest absolute Gasteiger partial charge is 0.462 e. The molecule has 4 fully saturated rings. The number of esters is 2. The summed E-state index contributed by atoms with van der Waals surface area (Å²) in [4.78, 5) is 26.1. The molecule has 7 unspecified atom stereocenters. The first-order valence-electron chi connectivity index (χ1n) is 16.6. The molecule has 2 aromatic rings. The zero-order valence-corrected chi connectivity index (χ0v) is 29.0. The van der Waals surface area contributed by atoms with Crippen LogP contribution in [-0.4, -0.2) is 54.9 Å². The first-order valence-corrected chi connectivity index (χ1v) is 17.3. The molecule has 0 bridgehead atoms. The van der Waals surface area contributed by atoms with Crippen LogP contribution >= 0.6 is 23.2 Å². The van der Waals surface area contributed by atoms with Crippen molar-refractivity contribution >= 4 is 35.1 Å². The second kappa shape index (κ2) is 12.4. The maximum absolute atomic E-state index is 13.2. The van der Waals surface area contributed by atoms with Crippen molar-refractivity contribution in [2.75, 3.05) is 19.8 Å².